The molecule has 2 aromatic rings. The van der Waals surface area contributed by atoms with E-state index >= 15 is 0 Å². The fraction of sp³-hybridized carbons (Fsp3) is 0.0588. The number of nitrogens with zero attached hydrogens (tertiary/aromatic N) is 2. The summed E-state index contributed by atoms with van der Waals surface area (Å²) in [5.41, 5.74) is 8.06. The smallest absolute Gasteiger partial charge is 0.220 e. The van der Waals surface area contributed by atoms with E-state index in [2.05, 4.69) is 21.9 Å². The van der Waals surface area contributed by atoms with Gasteiger partial charge < -0.3 is 11.1 Å². The first-order chi connectivity index (χ1) is 10.7. The van der Waals surface area contributed by atoms with Gasteiger partial charge in [0, 0.05) is 12.4 Å². The molecule has 1 aromatic heterocycles. The van der Waals surface area contributed by atoms with Crippen LogP contribution in [0.1, 0.15) is 11.3 Å². The molecule has 1 aromatic carbocycles. The average molecular weight is 296 g/mol. The summed E-state index contributed by atoms with van der Waals surface area (Å²) in [6.45, 7) is 3.58. The van der Waals surface area contributed by atoms with E-state index in [1.807, 2.05) is 18.2 Å². The van der Waals surface area contributed by atoms with Crippen LogP contribution in [0, 0.1) is 5.82 Å². The highest BCUT2D eigenvalue weighted by Crippen LogP contribution is 2.16. The second kappa shape index (κ2) is 7.73. The molecule has 0 spiro atoms. The van der Waals surface area contributed by atoms with Gasteiger partial charge in [0.15, 0.2) is 0 Å². The summed E-state index contributed by atoms with van der Waals surface area (Å²) in [6.07, 6.45) is 9.29. The van der Waals surface area contributed by atoms with Crippen LogP contribution in [0.2, 0.25) is 0 Å². The third-order valence-electron chi connectivity index (χ3n) is 2.89. The summed E-state index contributed by atoms with van der Waals surface area (Å²) in [4.78, 5) is 8.08. The molecule has 0 saturated heterocycles. The Balaban J connectivity index is 2.27. The van der Waals surface area contributed by atoms with E-state index in [0.29, 0.717) is 12.1 Å². The van der Waals surface area contributed by atoms with Crippen molar-refractivity contribution in [3.63, 3.8) is 0 Å². The Kier molecular flexibility index (Phi) is 5.43. The molecule has 0 aliphatic heterocycles. The van der Waals surface area contributed by atoms with Crippen LogP contribution in [0.4, 0.5) is 10.3 Å². The standard InChI is InChI=1S/C17H17FN4/c1-2-20-10-8-14(16-9-11-21-17(19)22-16)7-6-13-4-3-5-15(18)12-13/h2-5,7-12,20H,1,6H2,(H2,19,21,22)/b10-8-,14-7+. The molecule has 5 heteroatoms. The molecule has 0 saturated carbocycles. The zero-order valence-corrected chi connectivity index (χ0v) is 12.0. The normalized spacial score (nSPS) is 11.6. The van der Waals surface area contributed by atoms with Crippen molar-refractivity contribution in [1.29, 1.82) is 0 Å². The van der Waals surface area contributed by atoms with Crippen LogP contribution in [-0.4, -0.2) is 9.97 Å². The van der Waals surface area contributed by atoms with Gasteiger partial charge in [-0.2, -0.15) is 0 Å². The van der Waals surface area contributed by atoms with Crippen LogP contribution >= 0.6 is 0 Å². The third-order valence-corrected chi connectivity index (χ3v) is 2.89. The zero-order valence-electron chi connectivity index (χ0n) is 12.0. The van der Waals surface area contributed by atoms with Gasteiger partial charge in [0.05, 0.1) is 5.69 Å². The highest BCUT2D eigenvalue weighted by Gasteiger charge is 2.02. The van der Waals surface area contributed by atoms with Crippen LogP contribution in [0.25, 0.3) is 5.57 Å². The zero-order chi connectivity index (χ0) is 15.8. The Bertz CT molecular complexity index is 707. The lowest BCUT2D eigenvalue weighted by molar-refractivity contribution is 0.626. The number of hydrogen-bond acceptors (Lipinski definition) is 4. The van der Waals surface area contributed by atoms with Crippen molar-refractivity contribution in [1.82, 2.24) is 15.3 Å². The molecule has 0 unspecified atom stereocenters. The van der Waals surface area contributed by atoms with E-state index in [0.717, 1.165) is 11.1 Å². The van der Waals surface area contributed by atoms with Gasteiger partial charge >= 0.3 is 0 Å². The topological polar surface area (TPSA) is 63.8 Å². The van der Waals surface area contributed by atoms with Gasteiger partial charge in [-0.05, 0) is 48.0 Å². The number of nitrogen functional groups attached to an aromatic ring is 1. The second-order valence-electron chi connectivity index (χ2n) is 4.50. The monoisotopic (exact) mass is 296 g/mol. The van der Waals surface area contributed by atoms with E-state index in [1.54, 1.807) is 30.7 Å². The van der Waals surface area contributed by atoms with Gasteiger partial charge in [-0.25, -0.2) is 14.4 Å². The molecule has 22 heavy (non-hydrogen) atoms. The molecule has 4 nitrogen and oxygen atoms in total. The van der Waals surface area contributed by atoms with Gasteiger partial charge in [0.2, 0.25) is 5.95 Å². The highest BCUT2D eigenvalue weighted by atomic mass is 19.1. The molecule has 3 N–H and O–H groups in total. The van der Waals surface area contributed by atoms with Gasteiger partial charge in [-0.3, -0.25) is 0 Å². The number of benzene rings is 1. The minimum atomic E-state index is -0.248. The van der Waals surface area contributed by atoms with Crippen LogP contribution in [0.5, 0.6) is 0 Å². The predicted molar refractivity (Wildman–Crippen MR) is 87.0 cm³/mol. The lowest BCUT2D eigenvalue weighted by Gasteiger charge is -2.04. The summed E-state index contributed by atoms with van der Waals surface area (Å²) >= 11 is 0. The maximum absolute atomic E-state index is 13.2. The Morgan fingerprint density at radius 3 is 2.95 bits per heavy atom. The summed E-state index contributed by atoms with van der Waals surface area (Å²) < 4.78 is 13.2. The van der Waals surface area contributed by atoms with Gasteiger partial charge in [0.25, 0.3) is 0 Å². The summed E-state index contributed by atoms with van der Waals surface area (Å²) in [5, 5.41) is 2.88. The van der Waals surface area contributed by atoms with Crippen LogP contribution in [-0.2, 0) is 6.42 Å². The minimum absolute atomic E-state index is 0.208. The van der Waals surface area contributed by atoms with Crippen molar-refractivity contribution in [2.75, 3.05) is 5.73 Å². The first-order valence-corrected chi connectivity index (χ1v) is 6.76. The van der Waals surface area contributed by atoms with Crippen molar-refractivity contribution < 1.29 is 4.39 Å². The van der Waals surface area contributed by atoms with Gasteiger partial charge in [-0.15, -0.1) is 0 Å². The predicted octanol–water partition coefficient (Wildman–Crippen LogP) is 3.07. The molecule has 0 bridgehead atoms. The Hall–Kier alpha value is -2.95. The van der Waals surface area contributed by atoms with Crippen LogP contribution < -0.4 is 11.1 Å². The molecule has 2 rings (SSSR count). The largest absolute Gasteiger partial charge is 0.368 e. The third kappa shape index (κ3) is 4.56. The second-order valence-corrected chi connectivity index (χ2v) is 4.50. The Morgan fingerprint density at radius 2 is 2.23 bits per heavy atom. The molecule has 0 aliphatic carbocycles. The Morgan fingerprint density at radius 1 is 1.36 bits per heavy atom. The van der Waals surface area contributed by atoms with Crippen molar-refractivity contribution >= 4 is 11.5 Å². The van der Waals surface area contributed by atoms with Gasteiger partial charge in [0.1, 0.15) is 5.82 Å². The van der Waals surface area contributed by atoms with Crippen LogP contribution in [0.3, 0.4) is 0 Å². The molecule has 0 atom stereocenters. The average Bonchev–Trinajstić information content (AvgIpc) is 2.51. The number of nitrogens with one attached hydrogen (secondary N) is 1. The van der Waals surface area contributed by atoms with E-state index in [-0.39, 0.29) is 11.8 Å². The van der Waals surface area contributed by atoms with E-state index in [1.165, 1.54) is 12.1 Å². The first-order valence-electron chi connectivity index (χ1n) is 6.76. The lowest BCUT2D eigenvalue weighted by Crippen LogP contribution is -1.98. The molecule has 0 radical (unpaired) electrons. The molecular weight excluding hydrogens is 279 g/mol. The molecule has 0 aliphatic rings. The van der Waals surface area contributed by atoms with E-state index < -0.39 is 0 Å². The quantitative estimate of drug-likeness (QED) is 0.804. The highest BCUT2D eigenvalue weighted by molar-refractivity contribution is 5.72. The number of rotatable bonds is 6. The number of hydrogen-bond donors (Lipinski definition) is 2. The summed E-state index contributed by atoms with van der Waals surface area (Å²) in [7, 11) is 0. The molecular formula is C17H17FN4. The van der Waals surface area contributed by atoms with Crippen molar-refractivity contribution in [2.24, 2.45) is 0 Å². The fourth-order valence-electron chi connectivity index (χ4n) is 1.89. The van der Waals surface area contributed by atoms with E-state index in [4.69, 9.17) is 5.73 Å². The number of anilines is 1. The van der Waals surface area contributed by atoms with Crippen LogP contribution in [0.15, 0.2) is 67.7 Å². The summed E-state index contributed by atoms with van der Waals surface area (Å²) in [5.74, 6) is -0.0400. The van der Waals surface area contributed by atoms with E-state index in [9.17, 15) is 4.39 Å². The Labute approximate surface area is 128 Å². The fourth-order valence-corrected chi connectivity index (χ4v) is 1.89. The summed E-state index contributed by atoms with van der Waals surface area (Å²) in [6, 6.07) is 8.26. The number of halogens is 1. The maximum Gasteiger partial charge on any atom is 0.220 e. The number of aromatic nitrogens is 2. The number of allylic oxidation sites excluding steroid dienone is 3. The number of nitrogens with two attached hydrogens (primary N) is 1. The first kappa shape index (κ1) is 15.4. The molecule has 112 valence electrons. The molecule has 1 heterocycles. The van der Waals surface area contributed by atoms with Crippen molar-refractivity contribution in [3.05, 3.63) is 84.7 Å². The SMILES string of the molecule is C=CN/C=C\C(=C/Cc1cccc(F)c1)c1ccnc(N)n1. The molecule has 0 amide bonds. The van der Waals surface area contributed by atoms with Crippen molar-refractivity contribution in [2.45, 2.75) is 6.42 Å². The maximum atomic E-state index is 13.2. The molecule has 0 fully saturated rings. The minimum Gasteiger partial charge on any atom is -0.368 e. The van der Waals surface area contributed by atoms with Crippen molar-refractivity contribution in [3.8, 4) is 0 Å². The van der Waals surface area contributed by atoms with Gasteiger partial charge in [-0.1, -0.05) is 24.8 Å². The lowest BCUT2D eigenvalue weighted by atomic mass is 10.1.